The number of nitrogens with one attached hydrogen (secondary N) is 1. The normalized spacial score (nSPS) is 30.1. The van der Waals surface area contributed by atoms with Crippen LogP contribution >= 0.6 is 0 Å². The monoisotopic (exact) mass is 517 g/mol. The van der Waals surface area contributed by atoms with Crippen LogP contribution in [0.3, 0.4) is 0 Å². The summed E-state index contributed by atoms with van der Waals surface area (Å²) in [5.74, 6) is 0.647. The lowest BCUT2D eigenvalue weighted by atomic mass is 9.63. The zero-order chi connectivity index (χ0) is 26.7. The van der Waals surface area contributed by atoms with Gasteiger partial charge in [0.25, 0.3) is 0 Å². The van der Waals surface area contributed by atoms with Crippen molar-refractivity contribution in [2.24, 2.45) is 0 Å². The molecule has 2 aliphatic heterocycles. The van der Waals surface area contributed by atoms with Gasteiger partial charge in [-0.1, -0.05) is 45.9 Å². The number of rotatable bonds is 4. The van der Waals surface area contributed by atoms with Crippen molar-refractivity contribution in [3.63, 3.8) is 0 Å². The lowest BCUT2D eigenvalue weighted by Gasteiger charge is -2.42. The first kappa shape index (κ1) is 26.3. The van der Waals surface area contributed by atoms with Crippen molar-refractivity contribution < 1.29 is 9.47 Å². The Kier molecular flexibility index (Phi) is 6.64. The summed E-state index contributed by atoms with van der Waals surface area (Å²) in [4.78, 5) is 7.64. The molecule has 0 spiro atoms. The van der Waals surface area contributed by atoms with Gasteiger partial charge >= 0.3 is 0 Å². The van der Waals surface area contributed by atoms with Crippen molar-refractivity contribution in [3.05, 3.63) is 47.5 Å². The Morgan fingerprint density at radius 3 is 2.34 bits per heavy atom. The molecule has 2 saturated heterocycles. The second kappa shape index (κ2) is 9.60. The minimum Gasteiger partial charge on any atom is -0.356 e. The molecule has 3 atom stereocenters. The Bertz CT molecular complexity index is 1160. The number of piperidine rings is 1. The summed E-state index contributed by atoms with van der Waals surface area (Å²) in [5.41, 5.74) is 5.77. The largest absolute Gasteiger partial charge is 0.356 e. The summed E-state index contributed by atoms with van der Waals surface area (Å²) in [7, 11) is 0. The molecule has 206 valence electrons. The van der Waals surface area contributed by atoms with E-state index in [1.807, 2.05) is 13.8 Å². The summed E-state index contributed by atoms with van der Waals surface area (Å²) < 4.78 is 12.5. The number of anilines is 1. The second-order valence-corrected chi connectivity index (χ2v) is 14.0. The van der Waals surface area contributed by atoms with Gasteiger partial charge in [-0.3, -0.25) is 0 Å². The third-order valence-electron chi connectivity index (χ3n) is 9.77. The zero-order valence-corrected chi connectivity index (χ0v) is 24.3. The molecule has 0 radical (unpaired) electrons. The molecular weight excluding hydrogens is 470 g/mol. The van der Waals surface area contributed by atoms with Gasteiger partial charge in [0.1, 0.15) is 11.9 Å². The highest BCUT2D eigenvalue weighted by Gasteiger charge is 2.47. The average molecular weight is 518 g/mol. The molecule has 0 unspecified atom stereocenters. The van der Waals surface area contributed by atoms with Crippen molar-refractivity contribution in [2.75, 3.05) is 18.0 Å². The maximum Gasteiger partial charge on any atom is 0.163 e. The Balaban J connectivity index is 1.13. The van der Waals surface area contributed by atoms with Crippen LogP contribution < -0.4 is 10.2 Å². The number of aromatic nitrogens is 1. The Morgan fingerprint density at radius 1 is 0.842 bits per heavy atom. The highest BCUT2D eigenvalue weighted by atomic mass is 16.8. The predicted molar refractivity (Wildman–Crippen MR) is 155 cm³/mol. The van der Waals surface area contributed by atoms with E-state index in [1.165, 1.54) is 42.4 Å². The van der Waals surface area contributed by atoms with Crippen LogP contribution in [0.15, 0.2) is 36.4 Å². The first-order valence-electron chi connectivity index (χ1n) is 15.0. The fourth-order valence-electron chi connectivity index (χ4n) is 7.39. The van der Waals surface area contributed by atoms with Crippen LogP contribution in [0.5, 0.6) is 0 Å². The summed E-state index contributed by atoms with van der Waals surface area (Å²) >= 11 is 0. The molecule has 2 aliphatic carbocycles. The van der Waals surface area contributed by atoms with Crippen molar-refractivity contribution in [1.82, 2.24) is 10.3 Å². The molecule has 4 aliphatic rings. The molecule has 1 aromatic carbocycles. The van der Waals surface area contributed by atoms with E-state index in [-0.39, 0.29) is 23.0 Å². The third kappa shape index (κ3) is 5.02. The highest BCUT2D eigenvalue weighted by molar-refractivity contribution is 5.65. The van der Waals surface area contributed by atoms with Crippen LogP contribution in [0.4, 0.5) is 5.82 Å². The van der Waals surface area contributed by atoms with Gasteiger partial charge < -0.3 is 19.7 Å². The molecule has 5 heteroatoms. The molecule has 0 bridgehead atoms. The van der Waals surface area contributed by atoms with Crippen LogP contribution in [0, 0.1) is 0 Å². The summed E-state index contributed by atoms with van der Waals surface area (Å²) in [6.07, 6.45) is 8.66. The molecular formula is C33H47N3O2. The lowest BCUT2D eigenvalue weighted by molar-refractivity contribution is -0.147. The number of hydrogen-bond acceptors (Lipinski definition) is 5. The molecule has 1 saturated carbocycles. The SMILES string of the molecule is CC1(C)O[C@H]2[C@H](NC3CCN(c4cccc(-c5ccc6c(c5)C(C)(C)CCC6(C)C)n4)CC3)CCC[C@H]2O1. The Labute approximate surface area is 229 Å². The molecule has 38 heavy (non-hydrogen) atoms. The molecule has 5 nitrogen and oxygen atoms in total. The van der Waals surface area contributed by atoms with E-state index in [0.29, 0.717) is 12.1 Å². The highest BCUT2D eigenvalue weighted by Crippen LogP contribution is 2.46. The Hall–Kier alpha value is -1.95. The van der Waals surface area contributed by atoms with Gasteiger partial charge in [0.2, 0.25) is 0 Å². The molecule has 3 heterocycles. The number of benzene rings is 1. The topological polar surface area (TPSA) is 46.6 Å². The fraction of sp³-hybridized carbons (Fsp3) is 0.667. The third-order valence-corrected chi connectivity index (χ3v) is 9.77. The lowest BCUT2D eigenvalue weighted by Crippen LogP contribution is -2.54. The molecule has 6 rings (SSSR count). The van der Waals surface area contributed by atoms with Gasteiger partial charge in [0.05, 0.1) is 11.8 Å². The number of fused-ring (bicyclic) bond motifs is 2. The average Bonchev–Trinajstić information content (AvgIpc) is 3.22. The molecule has 3 fully saturated rings. The minimum atomic E-state index is -0.455. The van der Waals surface area contributed by atoms with Gasteiger partial charge in [-0.2, -0.15) is 0 Å². The maximum absolute atomic E-state index is 6.31. The van der Waals surface area contributed by atoms with Crippen molar-refractivity contribution in [3.8, 4) is 11.3 Å². The zero-order valence-electron chi connectivity index (χ0n) is 24.3. The van der Waals surface area contributed by atoms with Crippen molar-refractivity contribution in [2.45, 2.75) is 127 Å². The van der Waals surface area contributed by atoms with E-state index >= 15 is 0 Å². The van der Waals surface area contributed by atoms with Crippen molar-refractivity contribution >= 4 is 5.82 Å². The predicted octanol–water partition coefficient (Wildman–Crippen LogP) is 6.73. The first-order chi connectivity index (χ1) is 18.0. The van der Waals surface area contributed by atoms with Gasteiger partial charge in [-0.25, -0.2) is 4.98 Å². The summed E-state index contributed by atoms with van der Waals surface area (Å²) in [5, 5.41) is 3.97. The summed E-state index contributed by atoms with van der Waals surface area (Å²) in [6.45, 7) is 15.7. The van der Waals surface area contributed by atoms with E-state index in [0.717, 1.165) is 43.9 Å². The standard InChI is InChI=1S/C33H47N3O2/c1-31(2)17-18-32(3,4)25-21-22(13-14-24(25)31)26-9-8-12-29(35-26)36-19-15-23(16-20-36)34-27-10-7-11-28-30(27)38-33(5,6)37-28/h8-9,12-14,21,23,27-28,30,34H,7,10-11,15-20H2,1-6H3/t27-,28-,30+/m1/s1. The van der Waals surface area contributed by atoms with E-state index < -0.39 is 5.79 Å². The van der Waals surface area contributed by atoms with Crippen LogP contribution in [-0.4, -0.2) is 48.2 Å². The fourth-order valence-corrected chi connectivity index (χ4v) is 7.39. The Morgan fingerprint density at radius 2 is 1.58 bits per heavy atom. The number of ether oxygens (including phenoxy) is 2. The van der Waals surface area contributed by atoms with Gasteiger partial charge in [-0.15, -0.1) is 0 Å². The van der Waals surface area contributed by atoms with Crippen molar-refractivity contribution in [1.29, 1.82) is 0 Å². The number of pyridine rings is 1. The van der Waals surface area contributed by atoms with Crippen LogP contribution in [-0.2, 0) is 20.3 Å². The van der Waals surface area contributed by atoms with Crippen LogP contribution in [0.1, 0.15) is 97.6 Å². The van der Waals surface area contributed by atoms with E-state index in [2.05, 4.69) is 74.3 Å². The van der Waals surface area contributed by atoms with E-state index in [4.69, 9.17) is 14.5 Å². The quantitative estimate of drug-likeness (QED) is 0.487. The summed E-state index contributed by atoms with van der Waals surface area (Å²) in [6, 6.07) is 14.5. The maximum atomic E-state index is 6.31. The van der Waals surface area contributed by atoms with Crippen LogP contribution in [0.2, 0.25) is 0 Å². The molecule has 0 amide bonds. The van der Waals surface area contributed by atoms with Crippen LogP contribution in [0.25, 0.3) is 11.3 Å². The van der Waals surface area contributed by atoms with Gasteiger partial charge in [-0.05, 0) is 98.9 Å². The first-order valence-corrected chi connectivity index (χ1v) is 15.0. The minimum absolute atomic E-state index is 0.183. The number of hydrogen-bond donors (Lipinski definition) is 1. The van der Waals surface area contributed by atoms with E-state index in [1.54, 1.807) is 0 Å². The van der Waals surface area contributed by atoms with E-state index in [9.17, 15) is 0 Å². The second-order valence-electron chi connectivity index (χ2n) is 14.0. The number of nitrogens with zero attached hydrogens (tertiary/aromatic N) is 2. The van der Waals surface area contributed by atoms with Gasteiger partial charge in [0, 0.05) is 30.7 Å². The smallest absolute Gasteiger partial charge is 0.163 e. The molecule has 1 aromatic heterocycles. The molecule has 2 aromatic rings. The molecule has 1 N–H and O–H groups in total. The van der Waals surface area contributed by atoms with Gasteiger partial charge in [0.15, 0.2) is 5.79 Å².